The van der Waals surface area contributed by atoms with Crippen LogP contribution in [0.5, 0.6) is 0 Å². The van der Waals surface area contributed by atoms with Gasteiger partial charge in [-0.25, -0.2) is 0 Å². The first-order valence-electron chi connectivity index (χ1n) is 10.3. The first kappa shape index (κ1) is 24.2. The zero-order chi connectivity index (χ0) is 17.3. The van der Waals surface area contributed by atoms with Gasteiger partial charge >= 0.3 is 0 Å². The topological polar surface area (TPSA) is 16.6 Å². The van der Waals surface area contributed by atoms with Crippen molar-refractivity contribution in [3.63, 3.8) is 0 Å². The SMILES string of the molecule is CC(C)=C[NH2+]CCCCCCCCCCCCCc1ccccc1.[Cl-]. The van der Waals surface area contributed by atoms with E-state index in [1.54, 1.807) is 0 Å². The Morgan fingerprint density at radius 2 is 1.20 bits per heavy atom. The summed E-state index contributed by atoms with van der Waals surface area (Å²) in [5.41, 5.74) is 2.91. The molecule has 0 saturated carbocycles. The second-order valence-electron chi connectivity index (χ2n) is 7.39. The summed E-state index contributed by atoms with van der Waals surface area (Å²) < 4.78 is 0. The monoisotopic (exact) mass is 365 g/mol. The average Bonchev–Trinajstić information content (AvgIpc) is 2.59. The van der Waals surface area contributed by atoms with Gasteiger partial charge in [0.05, 0.1) is 12.7 Å². The molecular weight excluding hydrogens is 326 g/mol. The van der Waals surface area contributed by atoms with Crippen molar-refractivity contribution >= 4 is 0 Å². The molecule has 0 atom stereocenters. The molecule has 144 valence electrons. The first-order valence-corrected chi connectivity index (χ1v) is 10.3. The molecule has 0 spiro atoms. The summed E-state index contributed by atoms with van der Waals surface area (Å²) in [5, 5.41) is 2.33. The van der Waals surface area contributed by atoms with E-state index in [0.29, 0.717) is 0 Å². The lowest BCUT2D eigenvalue weighted by Gasteiger charge is -2.03. The molecule has 25 heavy (non-hydrogen) atoms. The molecule has 0 aliphatic heterocycles. The van der Waals surface area contributed by atoms with E-state index in [4.69, 9.17) is 0 Å². The summed E-state index contributed by atoms with van der Waals surface area (Å²) in [5.74, 6) is 0. The van der Waals surface area contributed by atoms with Crippen molar-refractivity contribution in [3.05, 3.63) is 47.7 Å². The third kappa shape index (κ3) is 16.4. The standard InChI is InChI=1S/C23H39N.ClH/c1-22(2)21-24-20-16-11-9-7-5-3-4-6-8-10-13-17-23-18-14-12-15-19-23;/h12,14-15,18-19,21,24H,3-11,13,16-17,20H2,1-2H3;1H. The number of halogens is 1. The normalized spacial score (nSPS) is 10.3. The Kier molecular flexibility index (Phi) is 17.4. The number of rotatable bonds is 15. The predicted molar refractivity (Wildman–Crippen MR) is 107 cm³/mol. The molecule has 0 amide bonds. The largest absolute Gasteiger partial charge is 1.00 e. The van der Waals surface area contributed by atoms with E-state index in [2.05, 4.69) is 55.7 Å². The fourth-order valence-electron chi connectivity index (χ4n) is 3.15. The molecule has 1 nitrogen and oxygen atoms in total. The lowest BCUT2D eigenvalue weighted by molar-refractivity contribution is -0.589. The number of allylic oxidation sites excluding steroid dienone is 1. The van der Waals surface area contributed by atoms with Gasteiger partial charge in [0, 0.05) is 0 Å². The van der Waals surface area contributed by atoms with Crippen molar-refractivity contribution in [2.45, 2.75) is 90.9 Å². The number of unbranched alkanes of at least 4 members (excludes halogenated alkanes) is 10. The van der Waals surface area contributed by atoms with Crippen molar-refractivity contribution in [1.29, 1.82) is 0 Å². The lowest BCUT2D eigenvalue weighted by Crippen LogP contribution is -3.00. The molecular formula is C23H40ClN. The second kappa shape index (κ2) is 18.0. The van der Waals surface area contributed by atoms with Gasteiger partial charge in [0.15, 0.2) is 0 Å². The summed E-state index contributed by atoms with van der Waals surface area (Å²) in [6, 6.07) is 10.9. The fraction of sp³-hybridized carbons (Fsp3) is 0.652. The smallest absolute Gasteiger partial charge is 0.0911 e. The number of aryl methyl sites for hydroxylation is 1. The Morgan fingerprint density at radius 3 is 1.72 bits per heavy atom. The predicted octanol–water partition coefficient (Wildman–Crippen LogP) is 3.01. The van der Waals surface area contributed by atoms with E-state index in [0.717, 1.165) is 0 Å². The molecule has 1 aromatic rings. The van der Waals surface area contributed by atoms with Crippen LogP contribution < -0.4 is 17.7 Å². The lowest BCUT2D eigenvalue weighted by atomic mass is 10.0. The van der Waals surface area contributed by atoms with Gasteiger partial charge in [0.25, 0.3) is 0 Å². The minimum Gasteiger partial charge on any atom is -1.00 e. The minimum absolute atomic E-state index is 0. The van der Waals surface area contributed by atoms with Gasteiger partial charge in [-0.3, -0.25) is 0 Å². The van der Waals surface area contributed by atoms with Crippen molar-refractivity contribution in [2.75, 3.05) is 6.54 Å². The summed E-state index contributed by atoms with van der Waals surface area (Å²) in [6.45, 7) is 5.59. The summed E-state index contributed by atoms with van der Waals surface area (Å²) in [4.78, 5) is 0. The van der Waals surface area contributed by atoms with Gasteiger partial charge in [-0.1, -0.05) is 81.7 Å². The molecule has 2 heteroatoms. The number of quaternary nitrogens is 1. The Hall–Kier alpha value is -0.790. The molecule has 0 saturated heterocycles. The third-order valence-corrected chi connectivity index (χ3v) is 4.63. The minimum atomic E-state index is 0. The highest BCUT2D eigenvalue weighted by Gasteiger charge is 1.95. The highest BCUT2D eigenvalue weighted by atomic mass is 35.5. The second-order valence-corrected chi connectivity index (χ2v) is 7.39. The first-order chi connectivity index (χ1) is 11.8. The van der Waals surface area contributed by atoms with Crippen LogP contribution in [0.2, 0.25) is 0 Å². The maximum absolute atomic E-state index is 2.33. The van der Waals surface area contributed by atoms with Crippen molar-refractivity contribution in [1.82, 2.24) is 0 Å². The van der Waals surface area contributed by atoms with E-state index in [-0.39, 0.29) is 12.4 Å². The van der Waals surface area contributed by atoms with E-state index in [1.165, 1.54) is 94.7 Å². The third-order valence-electron chi connectivity index (χ3n) is 4.63. The van der Waals surface area contributed by atoms with Gasteiger partial charge in [0.2, 0.25) is 0 Å². The van der Waals surface area contributed by atoms with Gasteiger partial charge in [-0.05, 0) is 50.7 Å². The van der Waals surface area contributed by atoms with Crippen LogP contribution in [0.4, 0.5) is 0 Å². The highest BCUT2D eigenvalue weighted by Crippen LogP contribution is 2.12. The Labute approximate surface area is 163 Å². The molecule has 1 aromatic carbocycles. The number of hydrogen-bond donors (Lipinski definition) is 1. The Balaban J connectivity index is 0.00000576. The van der Waals surface area contributed by atoms with Crippen molar-refractivity contribution in [3.8, 4) is 0 Å². The molecule has 0 bridgehead atoms. The zero-order valence-corrected chi connectivity index (χ0v) is 17.4. The van der Waals surface area contributed by atoms with Crippen LogP contribution in [0.1, 0.15) is 90.0 Å². The molecule has 0 heterocycles. The molecule has 0 radical (unpaired) electrons. The number of benzene rings is 1. The molecule has 0 unspecified atom stereocenters. The molecule has 2 N–H and O–H groups in total. The molecule has 0 aliphatic carbocycles. The average molecular weight is 366 g/mol. The van der Waals surface area contributed by atoms with Crippen LogP contribution >= 0.6 is 0 Å². The molecule has 0 aliphatic rings. The van der Waals surface area contributed by atoms with Crippen LogP contribution in [-0.4, -0.2) is 6.54 Å². The van der Waals surface area contributed by atoms with Crippen LogP contribution in [0.3, 0.4) is 0 Å². The highest BCUT2D eigenvalue weighted by molar-refractivity contribution is 5.14. The summed E-state index contributed by atoms with van der Waals surface area (Å²) in [6.07, 6.45) is 19.1. The maximum Gasteiger partial charge on any atom is 0.0911 e. The zero-order valence-electron chi connectivity index (χ0n) is 16.6. The van der Waals surface area contributed by atoms with Gasteiger partial charge < -0.3 is 17.7 Å². The van der Waals surface area contributed by atoms with Crippen LogP contribution in [0.25, 0.3) is 0 Å². The quantitative estimate of drug-likeness (QED) is 0.460. The van der Waals surface area contributed by atoms with E-state index in [9.17, 15) is 0 Å². The van der Waals surface area contributed by atoms with E-state index >= 15 is 0 Å². The van der Waals surface area contributed by atoms with Gasteiger partial charge in [-0.2, -0.15) is 0 Å². The van der Waals surface area contributed by atoms with Gasteiger partial charge in [-0.15, -0.1) is 0 Å². The Morgan fingerprint density at radius 1 is 0.720 bits per heavy atom. The number of hydrogen-bond acceptors (Lipinski definition) is 0. The van der Waals surface area contributed by atoms with E-state index < -0.39 is 0 Å². The van der Waals surface area contributed by atoms with E-state index in [1.807, 2.05) is 0 Å². The molecule has 0 aromatic heterocycles. The fourth-order valence-corrected chi connectivity index (χ4v) is 3.15. The summed E-state index contributed by atoms with van der Waals surface area (Å²) in [7, 11) is 0. The Bertz CT molecular complexity index is 409. The molecule has 1 rings (SSSR count). The van der Waals surface area contributed by atoms with Crippen LogP contribution in [0, 0.1) is 0 Å². The number of nitrogens with two attached hydrogens (primary N) is 1. The van der Waals surface area contributed by atoms with Crippen molar-refractivity contribution < 1.29 is 17.7 Å². The van der Waals surface area contributed by atoms with Gasteiger partial charge in [0.1, 0.15) is 0 Å². The van der Waals surface area contributed by atoms with Crippen LogP contribution in [0.15, 0.2) is 42.1 Å². The summed E-state index contributed by atoms with van der Waals surface area (Å²) >= 11 is 0. The van der Waals surface area contributed by atoms with Crippen molar-refractivity contribution in [2.24, 2.45) is 0 Å². The van der Waals surface area contributed by atoms with Crippen LogP contribution in [-0.2, 0) is 6.42 Å². The molecule has 0 fully saturated rings. The maximum atomic E-state index is 2.33.